The summed E-state index contributed by atoms with van der Waals surface area (Å²) in [6.07, 6.45) is 2.75. The summed E-state index contributed by atoms with van der Waals surface area (Å²) in [6, 6.07) is 2.06. The van der Waals surface area contributed by atoms with Crippen LogP contribution in [0.5, 0.6) is 0 Å². The van der Waals surface area contributed by atoms with Crippen LogP contribution in [0.4, 0.5) is 0 Å². The van der Waals surface area contributed by atoms with Gasteiger partial charge in [0, 0.05) is 51.7 Å². The molecular formula is C13H21N3O2. The van der Waals surface area contributed by atoms with Crippen molar-refractivity contribution in [3.63, 3.8) is 0 Å². The fourth-order valence-corrected chi connectivity index (χ4v) is 2.58. The van der Waals surface area contributed by atoms with Gasteiger partial charge in [0.15, 0.2) is 0 Å². The Labute approximate surface area is 107 Å². The molecule has 5 heteroatoms. The normalized spacial score (nSPS) is 20.2. The number of aliphatic hydroxyl groups is 1. The van der Waals surface area contributed by atoms with Crippen molar-refractivity contribution in [3.05, 3.63) is 17.5 Å². The number of likely N-dealkylation sites (tertiary alicyclic amines) is 1. The molecule has 0 spiro atoms. The van der Waals surface area contributed by atoms with Crippen molar-refractivity contribution < 1.29 is 9.90 Å². The molecule has 1 aromatic heterocycles. The quantitative estimate of drug-likeness (QED) is 0.859. The van der Waals surface area contributed by atoms with Crippen LogP contribution in [0, 0.1) is 0 Å². The Balaban J connectivity index is 2.11. The second-order valence-corrected chi connectivity index (χ2v) is 4.96. The highest BCUT2D eigenvalue weighted by Crippen LogP contribution is 2.26. The largest absolute Gasteiger partial charge is 0.396 e. The van der Waals surface area contributed by atoms with E-state index in [1.165, 1.54) is 0 Å². The summed E-state index contributed by atoms with van der Waals surface area (Å²) in [7, 11) is 1.90. The van der Waals surface area contributed by atoms with Gasteiger partial charge in [-0.3, -0.25) is 9.48 Å². The maximum absolute atomic E-state index is 11.4. The molecular weight excluding hydrogens is 230 g/mol. The van der Waals surface area contributed by atoms with E-state index in [9.17, 15) is 4.79 Å². The summed E-state index contributed by atoms with van der Waals surface area (Å²) in [4.78, 5) is 13.3. The number of hydrogen-bond donors (Lipinski definition) is 1. The van der Waals surface area contributed by atoms with Crippen molar-refractivity contribution in [2.24, 2.45) is 7.05 Å². The number of aryl methyl sites for hydroxylation is 1. The summed E-state index contributed by atoms with van der Waals surface area (Å²) in [5, 5.41) is 13.5. The highest BCUT2D eigenvalue weighted by Gasteiger charge is 2.25. The van der Waals surface area contributed by atoms with Gasteiger partial charge in [0.05, 0.1) is 5.69 Å². The van der Waals surface area contributed by atoms with Crippen LogP contribution in [-0.2, 0) is 18.3 Å². The van der Waals surface area contributed by atoms with Gasteiger partial charge < -0.3 is 10.0 Å². The molecule has 1 aliphatic heterocycles. The Morgan fingerprint density at radius 3 is 3.06 bits per heavy atom. The summed E-state index contributed by atoms with van der Waals surface area (Å²) in [6.45, 7) is 3.40. The highest BCUT2D eigenvalue weighted by atomic mass is 16.3. The fraction of sp³-hybridized carbons (Fsp3) is 0.692. The molecule has 2 rings (SSSR count). The molecule has 2 heterocycles. The minimum Gasteiger partial charge on any atom is -0.396 e. The second kappa shape index (κ2) is 5.52. The molecule has 0 aliphatic carbocycles. The van der Waals surface area contributed by atoms with Gasteiger partial charge in [-0.2, -0.15) is 5.10 Å². The van der Waals surface area contributed by atoms with E-state index >= 15 is 0 Å². The monoisotopic (exact) mass is 251 g/mol. The van der Waals surface area contributed by atoms with E-state index < -0.39 is 0 Å². The van der Waals surface area contributed by atoms with E-state index in [4.69, 9.17) is 5.11 Å². The lowest BCUT2D eigenvalue weighted by molar-refractivity contribution is -0.130. The molecule has 1 aliphatic rings. The van der Waals surface area contributed by atoms with Crippen LogP contribution in [0.25, 0.3) is 0 Å². The van der Waals surface area contributed by atoms with Gasteiger partial charge in [0.1, 0.15) is 0 Å². The third kappa shape index (κ3) is 2.72. The maximum atomic E-state index is 11.4. The zero-order chi connectivity index (χ0) is 13.1. The number of rotatable bonds is 3. The summed E-state index contributed by atoms with van der Waals surface area (Å²) in [5.74, 6) is 0.479. The highest BCUT2D eigenvalue weighted by molar-refractivity contribution is 5.73. The first kappa shape index (κ1) is 13.1. The predicted octanol–water partition coefficient (Wildman–Crippen LogP) is 0.681. The van der Waals surface area contributed by atoms with E-state index in [1.54, 1.807) is 6.92 Å². The summed E-state index contributed by atoms with van der Waals surface area (Å²) < 4.78 is 1.83. The molecule has 100 valence electrons. The van der Waals surface area contributed by atoms with Crippen LogP contribution in [0.15, 0.2) is 6.07 Å². The number of nitrogens with zero attached hydrogens (tertiary/aromatic N) is 3. The molecule has 18 heavy (non-hydrogen) atoms. The molecule has 0 saturated carbocycles. The fourth-order valence-electron chi connectivity index (χ4n) is 2.58. The number of aliphatic hydroxyl groups excluding tert-OH is 1. The van der Waals surface area contributed by atoms with E-state index in [2.05, 4.69) is 11.2 Å². The van der Waals surface area contributed by atoms with Crippen molar-refractivity contribution in [3.8, 4) is 0 Å². The smallest absolute Gasteiger partial charge is 0.219 e. The van der Waals surface area contributed by atoms with E-state index in [0.717, 1.165) is 37.3 Å². The number of piperidine rings is 1. The zero-order valence-corrected chi connectivity index (χ0v) is 11.1. The Morgan fingerprint density at radius 1 is 1.61 bits per heavy atom. The van der Waals surface area contributed by atoms with E-state index in [-0.39, 0.29) is 12.5 Å². The third-order valence-corrected chi connectivity index (χ3v) is 3.65. The van der Waals surface area contributed by atoms with Crippen molar-refractivity contribution >= 4 is 5.91 Å². The van der Waals surface area contributed by atoms with Crippen LogP contribution in [0.1, 0.15) is 37.1 Å². The molecule has 1 N–H and O–H groups in total. The molecule has 0 aromatic carbocycles. The van der Waals surface area contributed by atoms with Gasteiger partial charge in [0.2, 0.25) is 5.91 Å². The van der Waals surface area contributed by atoms with Crippen LogP contribution in [-0.4, -0.2) is 45.4 Å². The first-order chi connectivity index (χ1) is 8.61. The topological polar surface area (TPSA) is 58.4 Å². The Kier molecular flexibility index (Phi) is 4.01. The second-order valence-electron chi connectivity index (χ2n) is 4.96. The van der Waals surface area contributed by atoms with Crippen molar-refractivity contribution in [1.29, 1.82) is 0 Å². The number of carbonyl (C=O) groups excluding carboxylic acids is 1. The standard InChI is InChI=1S/C13H21N3O2/c1-10(18)16-6-3-4-11(9-16)13-8-12(5-7-17)15(2)14-13/h8,11,17H,3-7,9H2,1-2H3/t11-/m1/s1. The summed E-state index contributed by atoms with van der Waals surface area (Å²) in [5.41, 5.74) is 2.10. The van der Waals surface area contributed by atoms with Gasteiger partial charge >= 0.3 is 0 Å². The number of carbonyl (C=O) groups is 1. The van der Waals surface area contributed by atoms with Crippen molar-refractivity contribution in [2.45, 2.75) is 32.1 Å². The molecule has 1 amide bonds. The first-order valence-electron chi connectivity index (χ1n) is 6.51. The summed E-state index contributed by atoms with van der Waals surface area (Å²) >= 11 is 0. The average Bonchev–Trinajstić information content (AvgIpc) is 2.72. The van der Waals surface area contributed by atoms with Gasteiger partial charge in [0.25, 0.3) is 0 Å². The van der Waals surface area contributed by atoms with E-state index in [0.29, 0.717) is 12.3 Å². The molecule has 5 nitrogen and oxygen atoms in total. The number of hydrogen-bond acceptors (Lipinski definition) is 3. The Bertz CT molecular complexity index is 428. The Hall–Kier alpha value is -1.36. The SMILES string of the molecule is CC(=O)N1CCC[C@@H](c2cc(CCO)n(C)n2)C1. The molecule has 1 saturated heterocycles. The zero-order valence-electron chi connectivity index (χ0n) is 11.1. The number of amides is 1. The predicted molar refractivity (Wildman–Crippen MR) is 68.2 cm³/mol. The van der Waals surface area contributed by atoms with Crippen LogP contribution < -0.4 is 0 Å². The lowest BCUT2D eigenvalue weighted by atomic mass is 9.94. The van der Waals surface area contributed by atoms with Gasteiger partial charge in [-0.05, 0) is 18.9 Å². The lowest BCUT2D eigenvalue weighted by Crippen LogP contribution is -2.37. The van der Waals surface area contributed by atoms with Gasteiger partial charge in [-0.1, -0.05) is 0 Å². The van der Waals surface area contributed by atoms with Crippen molar-refractivity contribution in [1.82, 2.24) is 14.7 Å². The molecule has 1 atom stereocenters. The molecule has 1 aromatic rings. The average molecular weight is 251 g/mol. The maximum Gasteiger partial charge on any atom is 0.219 e. The van der Waals surface area contributed by atoms with Gasteiger partial charge in [-0.15, -0.1) is 0 Å². The third-order valence-electron chi connectivity index (χ3n) is 3.65. The minimum absolute atomic E-state index is 0.142. The lowest BCUT2D eigenvalue weighted by Gasteiger charge is -2.31. The number of aromatic nitrogens is 2. The molecule has 1 fully saturated rings. The van der Waals surface area contributed by atoms with Crippen LogP contribution in [0.2, 0.25) is 0 Å². The van der Waals surface area contributed by atoms with Crippen LogP contribution >= 0.6 is 0 Å². The molecule has 0 radical (unpaired) electrons. The minimum atomic E-state index is 0.142. The molecule has 0 bridgehead atoms. The Morgan fingerprint density at radius 2 is 2.39 bits per heavy atom. The van der Waals surface area contributed by atoms with Crippen LogP contribution in [0.3, 0.4) is 0 Å². The van der Waals surface area contributed by atoms with Crippen molar-refractivity contribution in [2.75, 3.05) is 19.7 Å². The van der Waals surface area contributed by atoms with E-state index in [1.807, 2.05) is 16.6 Å². The molecule has 0 unspecified atom stereocenters. The van der Waals surface area contributed by atoms with Gasteiger partial charge in [-0.25, -0.2) is 0 Å². The first-order valence-corrected chi connectivity index (χ1v) is 6.51.